The molecule has 2 rings (SSSR count). The molecule has 0 spiro atoms. The van der Waals surface area contributed by atoms with Gasteiger partial charge in [0.25, 0.3) is 0 Å². The molecule has 1 unspecified atom stereocenters. The van der Waals surface area contributed by atoms with Gasteiger partial charge in [0.2, 0.25) is 0 Å². The van der Waals surface area contributed by atoms with Crippen LogP contribution < -0.4 is 4.90 Å². The maximum atomic E-state index is 11.4. The molecule has 1 aliphatic heterocycles. The maximum absolute atomic E-state index is 11.4. The number of hydrogen-bond acceptors (Lipinski definition) is 3. The molecule has 0 aromatic heterocycles. The van der Waals surface area contributed by atoms with Gasteiger partial charge in [-0.1, -0.05) is 17.7 Å². The number of hydrogen-bond donors (Lipinski definition) is 0. The summed E-state index contributed by atoms with van der Waals surface area (Å²) in [5, 5.41) is 0. The monoisotopic (exact) mass is 247 g/mol. The molecule has 0 saturated carbocycles. The Hall–Kier alpha value is -1.35. The van der Waals surface area contributed by atoms with Crippen molar-refractivity contribution < 1.29 is 9.53 Å². The summed E-state index contributed by atoms with van der Waals surface area (Å²) in [5.41, 5.74) is 2.06. The van der Waals surface area contributed by atoms with Crippen LogP contribution in [0.4, 0.5) is 5.69 Å². The fraction of sp³-hybridized carbons (Fsp3) is 0.533. The Balaban J connectivity index is 2.07. The van der Waals surface area contributed by atoms with Crippen molar-refractivity contribution in [2.24, 2.45) is 5.41 Å². The van der Waals surface area contributed by atoms with E-state index < -0.39 is 0 Å². The molecule has 1 aromatic carbocycles. The van der Waals surface area contributed by atoms with Crippen LogP contribution >= 0.6 is 0 Å². The van der Waals surface area contributed by atoms with E-state index in [0.717, 1.165) is 38.0 Å². The summed E-state index contributed by atoms with van der Waals surface area (Å²) in [6.07, 6.45) is 2.98. The van der Waals surface area contributed by atoms with Gasteiger partial charge in [0.1, 0.15) is 6.29 Å². The van der Waals surface area contributed by atoms with Crippen LogP contribution in [-0.2, 0) is 9.53 Å². The number of nitrogens with zero attached hydrogens (tertiary/aromatic N) is 1. The van der Waals surface area contributed by atoms with Crippen LogP contribution in [0.3, 0.4) is 0 Å². The zero-order valence-electron chi connectivity index (χ0n) is 11.2. The Bertz CT molecular complexity index is 393. The number of ether oxygens (including phenoxy) is 1. The minimum atomic E-state index is -0.335. The van der Waals surface area contributed by atoms with Gasteiger partial charge < -0.3 is 14.4 Å². The second-order valence-corrected chi connectivity index (χ2v) is 5.33. The summed E-state index contributed by atoms with van der Waals surface area (Å²) >= 11 is 0. The molecule has 1 aromatic rings. The van der Waals surface area contributed by atoms with Crippen molar-refractivity contribution in [2.45, 2.75) is 19.8 Å². The first kappa shape index (κ1) is 13.1. The summed E-state index contributed by atoms with van der Waals surface area (Å²) in [5.74, 6) is 0. The molecule has 0 radical (unpaired) electrons. The Morgan fingerprint density at radius 1 is 1.39 bits per heavy atom. The molecule has 98 valence electrons. The van der Waals surface area contributed by atoms with Gasteiger partial charge in [0, 0.05) is 25.9 Å². The number of benzene rings is 1. The predicted molar refractivity (Wildman–Crippen MR) is 73.0 cm³/mol. The predicted octanol–water partition coefficient (Wildman–Crippen LogP) is 2.43. The molecule has 3 heteroatoms. The molecular weight excluding hydrogens is 226 g/mol. The van der Waals surface area contributed by atoms with E-state index in [0.29, 0.717) is 6.61 Å². The van der Waals surface area contributed by atoms with E-state index >= 15 is 0 Å². The van der Waals surface area contributed by atoms with Crippen molar-refractivity contribution in [1.82, 2.24) is 0 Å². The van der Waals surface area contributed by atoms with Crippen molar-refractivity contribution in [3.8, 4) is 0 Å². The van der Waals surface area contributed by atoms with Gasteiger partial charge in [-0.05, 0) is 31.9 Å². The fourth-order valence-corrected chi connectivity index (χ4v) is 2.49. The van der Waals surface area contributed by atoms with Crippen LogP contribution in [0.5, 0.6) is 0 Å². The van der Waals surface area contributed by atoms with Crippen molar-refractivity contribution in [3.63, 3.8) is 0 Å². The van der Waals surface area contributed by atoms with E-state index in [1.165, 1.54) is 5.56 Å². The van der Waals surface area contributed by atoms with Crippen LogP contribution in [-0.4, -0.2) is 33.1 Å². The van der Waals surface area contributed by atoms with Gasteiger partial charge in [-0.15, -0.1) is 0 Å². The van der Waals surface area contributed by atoms with Crippen molar-refractivity contribution in [1.29, 1.82) is 0 Å². The normalized spacial score (nSPS) is 23.7. The van der Waals surface area contributed by atoms with E-state index in [1.807, 2.05) is 7.05 Å². The van der Waals surface area contributed by atoms with Crippen LogP contribution in [0.1, 0.15) is 18.4 Å². The largest absolute Gasteiger partial charge is 0.380 e. The van der Waals surface area contributed by atoms with E-state index in [4.69, 9.17) is 4.74 Å². The summed E-state index contributed by atoms with van der Waals surface area (Å²) in [6, 6.07) is 8.38. The SMILES string of the molecule is Cc1ccc(N(C)CC2(C=O)CCCOC2)cc1. The second kappa shape index (κ2) is 5.53. The topological polar surface area (TPSA) is 29.5 Å². The van der Waals surface area contributed by atoms with Gasteiger partial charge in [-0.25, -0.2) is 0 Å². The highest BCUT2D eigenvalue weighted by Gasteiger charge is 2.34. The first-order chi connectivity index (χ1) is 8.65. The Morgan fingerprint density at radius 3 is 2.67 bits per heavy atom. The number of anilines is 1. The van der Waals surface area contributed by atoms with Gasteiger partial charge in [-0.3, -0.25) is 0 Å². The third-order valence-electron chi connectivity index (χ3n) is 3.63. The van der Waals surface area contributed by atoms with E-state index in [1.54, 1.807) is 0 Å². The first-order valence-electron chi connectivity index (χ1n) is 6.47. The van der Waals surface area contributed by atoms with Crippen LogP contribution in [0, 0.1) is 12.3 Å². The van der Waals surface area contributed by atoms with E-state index in [9.17, 15) is 4.79 Å². The van der Waals surface area contributed by atoms with Crippen LogP contribution in [0.25, 0.3) is 0 Å². The van der Waals surface area contributed by atoms with Crippen molar-refractivity contribution in [3.05, 3.63) is 29.8 Å². The van der Waals surface area contributed by atoms with Gasteiger partial charge in [0.15, 0.2) is 0 Å². The quantitative estimate of drug-likeness (QED) is 0.765. The Kier molecular flexibility index (Phi) is 4.02. The minimum Gasteiger partial charge on any atom is -0.380 e. The van der Waals surface area contributed by atoms with Crippen LogP contribution in [0.2, 0.25) is 0 Å². The highest BCUT2D eigenvalue weighted by molar-refractivity contribution is 5.62. The molecule has 1 fully saturated rings. The standard InChI is InChI=1S/C15H21NO2/c1-13-4-6-14(7-5-13)16(2)10-15(11-17)8-3-9-18-12-15/h4-7,11H,3,8-10,12H2,1-2H3. The molecule has 0 amide bonds. The summed E-state index contributed by atoms with van der Waals surface area (Å²) in [6.45, 7) is 4.13. The fourth-order valence-electron chi connectivity index (χ4n) is 2.49. The first-order valence-corrected chi connectivity index (χ1v) is 6.47. The van der Waals surface area contributed by atoms with Crippen LogP contribution in [0.15, 0.2) is 24.3 Å². The molecule has 3 nitrogen and oxygen atoms in total. The highest BCUT2D eigenvalue weighted by Crippen LogP contribution is 2.28. The number of carbonyl (C=O) groups is 1. The van der Waals surface area contributed by atoms with Gasteiger partial charge in [-0.2, -0.15) is 0 Å². The third kappa shape index (κ3) is 2.91. The Morgan fingerprint density at radius 2 is 2.11 bits per heavy atom. The zero-order valence-corrected chi connectivity index (χ0v) is 11.2. The molecule has 1 saturated heterocycles. The summed E-state index contributed by atoms with van der Waals surface area (Å²) in [4.78, 5) is 13.5. The van der Waals surface area contributed by atoms with E-state index in [-0.39, 0.29) is 5.41 Å². The van der Waals surface area contributed by atoms with Gasteiger partial charge in [0.05, 0.1) is 12.0 Å². The second-order valence-electron chi connectivity index (χ2n) is 5.33. The molecule has 18 heavy (non-hydrogen) atoms. The lowest BCUT2D eigenvalue weighted by Gasteiger charge is -2.36. The molecule has 1 heterocycles. The zero-order chi connectivity index (χ0) is 13.0. The molecule has 0 aliphatic carbocycles. The number of aryl methyl sites for hydroxylation is 1. The lowest BCUT2D eigenvalue weighted by molar-refractivity contribution is -0.122. The average molecular weight is 247 g/mol. The Labute approximate surface area is 109 Å². The highest BCUT2D eigenvalue weighted by atomic mass is 16.5. The molecule has 0 N–H and O–H groups in total. The summed E-state index contributed by atoms with van der Waals surface area (Å²) < 4.78 is 5.47. The smallest absolute Gasteiger partial charge is 0.130 e. The minimum absolute atomic E-state index is 0.335. The molecular formula is C15H21NO2. The number of rotatable bonds is 4. The lowest BCUT2D eigenvalue weighted by Crippen LogP contribution is -2.43. The number of aldehydes is 1. The van der Waals surface area contributed by atoms with Gasteiger partial charge >= 0.3 is 0 Å². The lowest BCUT2D eigenvalue weighted by atomic mass is 9.83. The molecule has 0 bridgehead atoms. The van der Waals surface area contributed by atoms with Crippen molar-refractivity contribution in [2.75, 3.05) is 31.7 Å². The third-order valence-corrected chi connectivity index (χ3v) is 3.63. The molecule has 1 aliphatic rings. The number of carbonyl (C=O) groups excluding carboxylic acids is 1. The summed E-state index contributed by atoms with van der Waals surface area (Å²) in [7, 11) is 2.03. The van der Waals surface area contributed by atoms with E-state index in [2.05, 4.69) is 36.1 Å². The molecule has 1 atom stereocenters. The average Bonchev–Trinajstić information content (AvgIpc) is 2.40. The maximum Gasteiger partial charge on any atom is 0.130 e. The van der Waals surface area contributed by atoms with Crippen molar-refractivity contribution >= 4 is 12.0 Å².